The molecular weight excluding hydrogens is 232 g/mol. The van der Waals surface area contributed by atoms with Crippen LogP contribution < -0.4 is 5.73 Å². The summed E-state index contributed by atoms with van der Waals surface area (Å²) in [7, 11) is 0. The molecule has 0 saturated carbocycles. The van der Waals surface area contributed by atoms with Crippen LogP contribution in [0.15, 0.2) is 22.6 Å². The zero-order chi connectivity index (χ0) is 9.26. The molecule has 4 heteroatoms. The van der Waals surface area contributed by atoms with Gasteiger partial charge in [-0.3, -0.25) is 0 Å². The van der Waals surface area contributed by atoms with Crippen molar-refractivity contribution in [2.24, 2.45) is 5.73 Å². The second-order valence-corrected chi connectivity index (χ2v) is 3.27. The van der Waals surface area contributed by atoms with Crippen LogP contribution in [0.5, 0.6) is 0 Å². The molecule has 68 valence electrons. The van der Waals surface area contributed by atoms with Crippen LogP contribution in [0.3, 0.4) is 0 Å². The zero-order valence-corrected chi connectivity index (χ0v) is 8.54. The third-order valence-corrected chi connectivity index (χ3v) is 2.47. The predicted molar refractivity (Wildman–Crippen MR) is 54.5 cm³/mol. The highest BCUT2D eigenvalue weighted by molar-refractivity contribution is 9.08. The molecule has 0 radical (unpaired) electrons. The molecule has 0 atom stereocenters. The lowest BCUT2D eigenvalue weighted by Gasteiger charge is -1.92. The summed E-state index contributed by atoms with van der Waals surface area (Å²) in [5.74, 6) is 0.586. The molecule has 0 spiro atoms. The summed E-state index contributed by atoms with van der Waals surface area (Å²) in [5.41, 5.74) is 8.27. The Hall–Kier alpha value is -0.870. The van der Waals surface area contributed by atoms with Gasteiger partial charge in [0.1, 0.15) is 5.52 Å². The summed E-state index contributed by atoms with van der Waals surface area (Å²) < 4.78 is 5.40. The highest BCUT2D eigenvalue weighted by Gasteiger charge is 2.06. The molecule has 0 aliphatic heterocycles. The number of benzene rings is 1. The van der Waals surface area contributed by atoms with Gasteiger partial charge in [-0.05, 0) is 11.6 Å². The van der Waals surface area contributed by atoms with Gasteiger partial charge >= 0.3 is 0 Å². The molecule has 1 aromatic carbocycles. The third-order valence-electron chi connectivity index (χ3n) is 1.87. The average Bonchev–Trinajstić information content (AvgIpc) is 2.59. The normalized spacial score (nSPS) is 10.9. The number of halogens is 1. The summed E-state index contributed by atoms with van der Waals surface area (Å²) in [6, 6.07) is 5.86. The number of alkyl halides is 1. The van der Waals surface area contributed by atoms with Gasteiger partial charge in [0.05, 0.1) is 6.54 Å². The van der Waals surface area contributed by atoms with E-state index in [1.54, 1.807) is 0 Å². The molecule has 2 rings (SSSR count). The molecule has 0 saturated heterocycles. The maximum atomic E-state index is 5.44. The summed E-state index contributed by atoms with van der Waals surface area (Å²) in [6.45, 7) is 0.344. The Morgan fingerprint density at radius 3 is 3.00 bits per heavy atom. The largest absolute Gasteiger partial charge is 0.439 e. The van der Waals surface area contributed by atoms with Gasteiger partial charge in [-0.1, -0.05) is 28.1 Å². The Labute approximate surface area is 84.1 Å². The van der Waals surface area contributed by atoms with Gasteiger partial charge in [-0.2, -0.15) is 0 Å². The lowest BCUT2D eigenvalue weighted by Crippen LogP contribution is -1.95. The molecule has 2 N–H and O–H groups in total. The molecule has 0 aliphatic carbocycles. The Morgan fingerprint density at radius 2 is 2.31 bits per heavy atom. The van der Waals surface area contributed by atoms with E-state index in [4.69, 9.17) is 10.2 Å². The number of nitrogens with zero attached hydrogens (tertiary/aromatic N) is 1. The van der Waals surface area contributed by atoms with E-state index < -0.39 is 0 Å². The predicted octanol–water partition coefficient (Wildman–Crippen LogP) is 2.18. The first kappa shape index (κ1) is 8.72. The van der Waals surface area contributed by atoms with E-state index in [1.165, 1.54) is 0 Å². The van der Waals surface area contributed by atoms with E-state index in [2.05, 4.69) is 20.9 Å². The lowest BCUT2D eigenvalue weighted by atomic mass is 10.2. The molecule has 13 heavy (non-hydrogen) atoms. The number of nitrogens with two attached hydrogens (primary N) is 1. The molecule has 0 bridgehead atoms. The number of oxazole rings is 1. The van der Waals surface area contributed by atoms with Crippen LogP contribution >= 0.6 is 15.9 Å². The summed E-state index contributed by atoms with van der Waals surface area (Å²) in [5, 5.41) is 0.779. The first-order chi connectivity index (χ1) is 6.35. The number of fused-ring (bicyclic) bond motifs is 1. The Morgan fingerprint density at radius 1 is 1.46 bits per heavy atom. The van der Waals surface area contributed by atoms with Gasteiger partial charge in [0, 0.05) is 5.33 Å². The van der Waals surface area contributed by atoms with Crippen molar-refractivity contribution in [3.05, 3.63) is 29.7 Å². The second kappa shape index (κ2) is 3.47. The molecule has 2 aromatic rings. The van der Waals surface area contributed by atoms with Crippen molar-refractivity contribution in [3.8, 4) is 0 Å². The number of hydrogen-bond acceptors (Lipinski definition) is 3. The van der Waals surface area contributed by atoms with Gasteiger partial charge in [0.25, 0.3) is 0 Å². The standard InChI is InChI=1S/C9H9BrN2O/c10-4-6-2-1-3-7-9(6)12-8(5-11)13-7/h1-3H,4-5,11H2. The van der Waals surface area contributed by atoms with Crippen LogP contribution in [0.1, 0.15) is 11.5 Å². The minimum absolute atomic E-state index is 0.344. The van der Waals surface area contributed by atoms with Crippen LogP contribution in [0, 0.1) is 0 Å². The molecule has 0 amide bonds. The first-order valence-corrected chi connectivity index (χ1v) is 5.10. The summed E-state index contributed by atoms with van der Waals surface area (Å²) in [6.07, 6.45) is 0. The molecule has 0 aliphatic rings. The number of para-hydroxylation sites is 1. The molecule has 1 aromatic heterocycles. The van der Waals surface area contributed by atoms with Crippen LogP contribution in [0.4, 0.5) is 0 Å². The lowest BCUT2D eigenvalue weighted by molar-refractivity contribution is 0.533. The minimum atomic E-state index is 0.344. The Kier molecular flexibility index (Phi) is 2.33. The molecular formula is C9H9BrN2O. The van der Waals surface area contributed by atoms with Gasteiger partial charge in [-0.15, -0.1) is 0 Å². The molecule has 0 unspecified atom stereocenters. The van der Waals surface area contributed by atoms with Crippen molar-refractivity contribution in [2.45, 2.75) is 11.9 Å². The van der Waals surface area contributed by atoms with Crippen molar-refractivity contribution in [3.63, 3.8) is 0 Å². The highest BCUT2D eigenvalue weighted by atomic mass is 79.9. The smallest absolute Gasteiger partial charge is 0.209 e. The maximum Gasteiger partial charge on any atom is 0.209 e. The number of hydrogen-bond donors (Lipinski definition) is 1. The second-order valence-electron chi connectivity index (χ2n) is 2.71. The van der Waals surface area contributed by atoms with Gasteiger partial charge in [-0.25, -0.2) is 4.98 Å². The van der Waals surface area contributed by atoms with Gasteiger partial charge < -0.3 is 10.2 Å². The van der Waals surface area contributed by atoms with Crippen molar-refractivity contribution < 1.29 is 4.42 Å². The molecule has 0 fully saturated rings. The van der Waals surface area contributed by atoms with Crippen LogP contribution in [0.2, 0.25) is 0 Å². The van der Waals surface area contributed by atoms with Crippen molar-refractivity contribution >= 4 is 27.0 Å². The number of rotatable bonds is 2. The fourth-order valence-electron chi connectivity index (χ4n) is 1.25. The zero-order valence-electron chi connectivity index (χ0n) is 6.96. The monoisotopic (exact) mass is 240 g/mol. The van der Waals surface area contributed by atoms with Crippen molar-refractivity contribution in [1.82, 2.24) is 4.98 Å². The van der Waals surface area contributed by atoms with E-state index in [1.807, 2.05) is 18.2 Å². The molecule has 1 heterocycles. The van der Waals surface area contributed by atoms with Gasteiger partial charge in [0.2, 0.25) is 5.89 Å². The topological polar surface area (TPSA) is 52.0 Å². The average molecular weight is 241 g/mol. The van der Waals surface area contributed by atoms with E-state index >= 15 is 0 Å². The van der Waals surface area contributed by atoms with E-state index in [0.717, 1.165) is 22.0 Å². The quantitative estimate of drug-likeness (QED) is 0.820. The van der Waals surface area contributed by atoms with E-state index in [0.29, 0.717) is 12.4 Å². The molecule has 3 nitrogen and oxygen atoms in total. The van der Waals surface area contributed by atoms with Crippen molar-refractivity contribution in [2.75, 3.05) is 0 Å². The van der Waals surface area contributed by atoms with Gasteiger partial charge in [0.15, 0.2) is 5.58 Å². The Balaban J connectivity index is 2.67. The van der Waals surface area contributed by atoms with Crippen molar-refractivity contribution in [1.29, 1.82) is 0 Å². The first-order valence-electron chi connectivity index (χ1n) is 3.98. The summed E-state index contributed by atoms with van der Waals surface area (Å²) in [4.78, 5) is 4.28. The minimum Gasteiger partial charge on any atom is -0.439 e. The van der Waals surface area contributed by atoms with Crippen LogP contribution in [-0.4, -0.2) is 4.98 Å². The number of aromatic nitrogens is 1. The fraction of sp³-hybridized carbons (Fsp3) is 0.222. The maximum absolute atomic E-state index is 5.44. The van der Waals surface area contributed by atoms with E-state index in [9.17, 15) is 0 Å². The van der Waals surface area contributed by atoms with Crippen LogP contribution in [0.25, 0.3) is 11.1 Å². The highest BCUT2D eigenvalue weighted by Crippen LogP contribution is 2.20. The Bertz CT molecular complexity index is 424. The fourth-order valence-corrected chi connectivity index (χ4v) is 1.70. The van der Waals surface area contributed by atoms with E-state index in [-0.39, 0.29) is 0 Å². The third kappa shape index (κ3) is 1.47. The SMILES string of the molecule is NCc1nc2c(CBr)cccc2o1. The van der Waals surface area contributed by atoms with Crippen LogP contribution in [-0.2, 0) is 11.9 Å². The summed E-state index contributed by atoms with van der Waals surface area (Å²) >= 11 is 3.40.